The van der Waals surface area contributed by atoms with Crippen molar-refractivity contribution < 1.29 is 14.0 Å². The van der Waals surface area contributed by atoms with Crippen molar-refractivity contribution in [3.63, 3.8) is 0 Å². The summed E-state index contributed by atoms with van der Waals surface area (Å²) in [6.07, 6.45) is 0. The van der Waals surface area contributed by atoms with Gasteiger partial charge in [-0.3, -0.25) is 20.4 Å². The zero-order chi connectivity index (χ0) is 19.2. The molecule has 3 rings (SSSR count). The summed E-state index contributed by atoms with van der Waals surface area (Å²) in [7, 11) is 0. The predicted octanol–water partition coefficient (Wildman–Crippen LogP) is 3.81. The smallest absolute Gasteiger partial charge is 0.272 e. The van der Waals surface area contributed by atoms with E-state index in [0.717, 1.165) is 22.3 Å². The number of benzene rings is 2. The van der Waals surface area contributed by atoms with Gasteiger partial charge < -0.3 is 0 Å². The third kappa shape index (κ3) is 4.93. The van der Waals surface area contributed by atoms with Crippen LogP contribution >= 0.6 is 23.1 Å². The molecule has 0 aliphatic heterocycles. The van der Waals surface area contributed by atoms with Crippen LogP contribution in [0.25, 0.3) is 11.3 Å². The molecule has 8 heteroatoms. The Morgan fingerprint density at radius 3 is 2.52 bits per heavy atom. The van der Waals surface area contributed by atoms with Crippen LogP contribution in [0.15, 0.2) is 59.5 Å². The Balaban J connectivity index is 1.60. The maximum absolute atomic E-state index is 13.6. The fraction of sp³-hybridized carbons (Fsp3) is 0.105. The number of thioether (sulfide) groups is 1. The molecule has 0 unspecified atom stereocenters. The zero-order valence-electron chi connectivity index (χ0n) is 14.4. The monoisotopic (exact) mass is 401 g/mol. The topological polar surface area (TPSA) is 71.1 Å². The minimum Gasteiger partial charge on any atom is -0.272 e. The summed E-state index contributed by atoms with van der Waals surface area (Å²) in [5, 5.41) is 0.750. The van der Waals surface area contributed by atoms with Gasteiger partial charge in [-0.15, -0.1) is 23.1 Å². The van der Waals surface area contributed by atoms with Crippen LogP contribution in [-0.4, -0.2) is 22.6 Å². The maximum Gasteiger partial charge on any atom is 0.282 e. The van der Waals surface area contributed by atoms with Gasteiger partial charge >= 0.3 is 0 Å². The molecule has 0 aliphatic carbocycles. The largest absolute Gasteiger partial charge is 0.282 e. The van der Waals surface area contributed by atoms with Crippen molar-refractivity contribution in [2.45, 2.75) is 11.8 Å². The second kappa shape index (κ2) is 8.79. The number of hydrazine groups is 1. The van der Waals surface area contributed by atoms with Gasteiger partial charge in [0.25, 0.3) is 5.91 Å². The quantitative estimate of drug-likeness (QED) is 0.504. The van der Waals surface area contributed by atoms with Crippen LogP contribution in [0.5, 0.6) is 0 Å². The molecule has 0 saturated heterocycles. The summed E-state index contributed by atoms with van der Waals surface area (Å²) in [6, 6.07) is 15.6. The second-order valence-electron chi connectivity index (χ2n) is 5.50. The first-order valence-electron chi connectivity index (χ1n) is 8.04. The first-order valence-corrected chi connectivity index (χ1v) is 9.84. The van der Waals surface area contributed by atoms with Gasteiger partial charge in [-0.25, -0.2) is 9.37 Å². The van der Waals surface area contributed by atoms with Crippen LogP contribution in [0.4, 0.5) is 4.39 Å². The third-order valence-corrected chi connectivity index (χ3v) is 5.52. The number of thiazole rings is 1. The molecular formula is C19H16FN3O2S2. The predicted molar refractivity (Wildman–Crippen MR) is 105 cm³/mol. The lowest BCUT2D eigenvalue weighted by atomic mass is 10.1. The number of hydrogen-bond donors (Lipinski definition) is 2. The molecule has 1 heterocycles. The molecule has 0 aliphatic rings. The molecule has 0 saturated carbocycles. The molecular weight excluding hydrogens is 385 g/mol. The van der Waals surface area contributed by atoms with Crippen molar-refractivity contribution in [1.29, 1.82) is 0 Å². The van der Waals surface area contributed by atoms with Crippen LogP contribution in [0, 0.1) is 12.7 Å². The third-order valence-electron chi connectivity index (χ3n) is 3.50. The van der Waals surface area contributed by atoms with Crippen molar-refractivity contribution in [3.8, 4) is 11.3 Å². The Morgan fingerprint density at radius 1 is 1.07 bits per heavy atom. The summed E-state index contributed by atoms with van der Waals surface area (Å²) in [4.78, 5) is 29.6. The second-order valence-corrected chi connectivity index (χ2v) is 7.72. The molecule has 3 aromatic rings. The van der Waals surface area contributed by atoms with E-state index in [0.29, 0.717) is 15.5 Å². The van der Waals surface area contributed by atoms with Gasteiger partial charge in [-0.2, -0.15) is 0 Å². The van der Waals surface area contributed by atoms with Gasteiger partial charge in [0, 0.05) is 10.5 Å². The first kappa shape index (κ1) is 19.1. The number of rotatable bonds is 5. The highest BCUT2D eigenvalue weighted by molar-refractivity contribution is 8.00. The normalized spacial score (nSPS) is 10.4. The summed E-state index contributed by atoms with van der Waals surface area (Å²) >= 11 is 2.31. The number of aryl methyl sites for hydroxylation is 1. The fourth-order valence-corrected chi connectivity index (χ4v) is 3.87. The number of amides is 2. The van der Waals surface area contributed by atoms with Crippen molar-refractivity contribution >= 4 is 34.9 Å². The van der Waals surface area contributed by atoms with Gasteiger partial charge in [-0.05, 0) is 19.1 Å². The van der Waals surface area contributed by atoms with Crippen LogP contribution in [0.1, 0.15) is 14.7 Å². The molecule has 1 aromatic heterocycles. The van der Waals surface area contributed by atoms with Crippen LogP contribution in [0.3, 0.4) is 0 Å². The van der Waals surface area contributed by atoms with E-state index in [1.54, 1.807) is 18.2 Å². The van der Waals surface area contributed by atoms with E-state index in [2.05, 4.69) is 15.8 Å². The average Bonchev–Trinajstić information content (AvgIpc) is 3.08. The Labute approximate surface area is 164 Å². The average molecular weight is 401 g/mol. The molecule has 0 spiro atoms. The van der Waals surface area contributed by atoms with E-state index in [1.165, 1.54) is 17.4 Å². The number of carbonyl (C=O) groups is 2. The van der Waals surface area contributed by atoms with Crippen molar-refractivity contribution in [2.75, 3.05) is 5.75 Å². The highest BCUT2D eigenvalue weighted by atomic mass is 32.2. The number of hydrogen-bond acceptors (Lipinski definition) is 5. The Hall–Kier alpha value is -2.71. The number of aromatic nitrogens is 1. The minimum absolute atomic E-state index is 0.0194. The Morgan fingerprint density at radius 2 is 1.78 bits per heavy atom. The number of carbonyl (C=O) groups excluding carboxylic acids is 2. The molecule has 2 aromatic carbocycles. The van der Waals surface area contributed by atoms with E-state index in [9.17, 15) is 14.0 Å². The van der Waals surface area contributed by atoms with Crippen LogP contribution < -0.4 is 10.9 Å². The highest BCUT2D eigenvalue weighted by Crippen LogP contribution is 2.27. The fourth-order valence-electron chi connectivity index (χ4n) is 2.30. The van der Waals surface area contributed by atoms with Gasteiger partial charge in [0.2, 0.25) is 5.91 Å². The van der Waals surface area contributed by atoms with Gasteiger partial charge in [0.1, 0.15) is 10.7 Å². The minimum atomic E-state index is -0.441. The number of nitrogens with zero attached hydrogens (tertiary/aromatic N) is 1. The lowest BCUT2D eigenvalue weighted by Crippen LogP contribution is -2.42. The highest BCUT2D eigenvalue weighted by Gasteiger charge is 2.18. The summed E-state index contributed by atoms with van der Waals surface area (Å²) in [5.41, 5.74) is 6.16. The lowest BCUT2D eigenvalue weighted by Gasteiger charge is -2.08. The summed E-state index contributed by atoms with van der Waals surface area (Å²) in [6.45, 7) is 1.82. The number of halogens is 1. The zero-order valence-corrected chi connectivity index (χ0v) is 16.0. The molecule has 0 fully saturated rings. The molecule has 0 atom stereocenters. The molecule has 2 amide bonds. The summed E-state index contributed by atoms with van der Waals surface area (Å²) < 4.78 is 13.6. The molecule has 5 nitrogen and oxygen atoms in total. The van der Waals surface area contributed by atoms with E-state index in [-0.39, 0.29) is 11.6 Å². The molecule has 27 heavy (non-hydrogen) atoms. The molecule has 0 radical (unpaired) electrons. The Bertz CT molecular complexity index is 961. The Kier molecular flexibility index (Phi) is 6.20. The van der Waals surface area contributed by atoms with E-state index in [1.807, 2.05) is 37.3 Å². The van der Waals surface area contributed by atoms with Crippen LogP contribution in [0.2, 0.25) is 0 Å². The van der Waals surface area contributed by atoms with E-state index < -0.39 is 11.8 Å². The molecule has 138 valence electrons. The molecule has 0 bridgehead atoms. The summed E-state index contributed by atoms with van der Waals surface area (Å²) in [5.74, 6) is -1.27. The van der Waals surface area contributed by atoms with Crippen molar-refractivity contribution in [2.24, 2.45) is 0 Å². The standard InChI is InChI=1S/C19H16FN3O2S2/c1-12-21-17(13-7-3-2-4-8-13)18(27-12)19(25)23-22-16(24)11-26-15-10-6-5-9-14(15)20/h2-10H,11H2,1H3,(H,22,24)(H,23,25). The van der Waals surface area contributed by atoms with Crippen molar-refractivity contribution in [1.82, 2.24) is 15.8 Å². The van der Waals surface area contributed by atoms with Crippen molar-refractivity contribution in [3.05, 3.63) is 70.3 Å². The molecule has 2 N–H and O–H groups in total. The van der Waals surface area contributed by atoms with Gasteiger partial charge in [0.15, 0.2) is 0 Å². The lowest BCUT2D eigenvalue weighted by molar-refractivity contribution is -0.119. The van der Waals surface area contributed by atoms with Gasteiger partial charge in [0.05, 0.1) is 16.5 Å². The number of nitrogens with one attached hydrogen (secondary N) is 2. The first-order chi connectivity index (χ1) is 13.0. The maximum atomic E-state index is 13.6. The van der Waals surface area contributed by atoms with Crippen LogP contribution in [-0.2, 0) is 4.79 Å². The van der Waals surface area contributed by atoms with Gasteiger partial charge in [-0.1, -0.05) is 42.5 Å². The van der Waals surface area contributed by atoms with E-state index in [4.69, 9.17) is 0 Å². The SMILES string of the molecule is Cc1nc(-c2ccccc2)c(C(=O)NNC(=O)CSc2ccccc2F)s1. The van der Waals surface area contributed by atoms with E-state index >= 15 is 0 Å².